The van der Waals surface area contributed by atoms with Crippen LogP contribution in [0.3, 0.4) is 0 Å². The molecule has 2 heterocycles. The predicted molar refractivity (Wildman–Crippen MR) is 156 cm³/mol. The molecule has 0 aliphatic carbocycles. The second-order valence-corrected chi connectivity index (χ2v) is 11.0. The number of carbonyl (C=O) groups excluding carboxylic acids is 2. The van der Waals surface area contributed by atoms with E-state index in [4.69, 9.17) is 4.74 Å². The lowest BCUT2D eigenvalue weighted by molar-refractivity contribution is -0.143. The van der Waals surface area contributed by atoms with Crippen molar-refractivity contribution in [3.8, 4) is 0 Å². The van der Waals surface area contributed by atoms with Gasteiger partial charge in [-0.25, -0.2) is 14.4 Å². The molecule has 4 rings (SSSR count). The largest absolute Gasteiger partial charge is 0.378 e. The van der Waals surface area contributed by atoms with Crippen molar-refractivity contribution in [1.29, 1.82) is 0 Å². The summed E-state index contributed by atoms with van der Waals surface area (Å²) in [6.45, 7) is 10.3. The summed E-state index contributed by atoms with van der Waals surface area (Å²) in [4.78, 5) is 40.0. The van der Waals surface area contributed by atoms with Gasteiger partial charge >= 0.3 is 0 Å². The molecule has 1 aliphatic heterocycles. The van der Waals surface area contributed by atoms with E-state index in [0.717, 1.165) is 30.2 Å². The van der Waals surface area contributed by atoms with E-state index in [0.29, 0.717) is 36.0 Å². The summed E-state index contributed by atoms with van der Waals surface area (Å²) in [6.07, 6.45) is 0.329. The average Bonchev–Trinajstić information content (AvgIpc) is 2.95. The Labute approximate surface area is 239 Å². The van der Waals surface area contributed by atoms with Crippen molar-refractivity contribution in [1.82, 2.24) is 14.9 Å². The van der Waals surface area contributed by atoms with E-state index in [1.54, 1.807) is 25.1 Å². The number of nitrogens with zero attached hydrogens (tertiary/aromatic N) is 4. The second-order valence-electron chi connectivity index (χ2n) is 10.0. The second kappa shape index (κ2) is 13.2. The van der Waals surface area contributed by atoms with Gasteiger partial charge in [0.25, 0.3) is 0 Å². The Bertz CT molecular complexity index is 1310. The molecule has 8 nitrogen and oxygen atoms in total. The van der Waals surface area contributed by atoms with Gasteiger partial charge in [0.05, 0.1) is 19.0 Å². The first-order valence-corrected chi connectivity index (χ1v) is 14.4. The number of nitrogens with one attached hydrogen (secondary N) is 1. The molecule has 1 aromatic heterocycles. The van der Waals surface area contributed by atoms with Gasteiger partial charge < -0.3 is 19.9 Å². The molecule has 0 saturated carbocycles. The monoisotopic (exact) mass is 565 g/mol. The van der Waals surface area contributed by atoms with Gasteiger partial charge in [-0.2, -0.15) is 0 Å². The molecule has 1 N–H and O–H groups in total. The molecule has 1 aliphatic rings. The lowest BCUT2D eigenvalue weighted by Gasteiger charge is -2.39. The fraction of sp³-hybridized carbons (Fsp3) is 0.400. The number of hydrogen-bond donors (Lipinski definition) is 1. The van der Waals surface area contributed by atoms with Crippen LogP contribution in [0.25, 0.3) is 0 Å². The zero-order valence-corrected chi connectivity index (χ0v) is 24.3. The molecule has 1 saturated heterocycles. The number of halogens is 1. The number of carbonyl (C=O) groups is 2. The standard InChI is InChI=1S/C30H36FN5O3S/c1-5-30(4,28(38)34-24-10-12-25(13-11-24)35-14-16-39-17-15-35)36(19-23-8-6-7-9-26(23)31)27(37)20-40-29-32-21(2)18-22(3)33-29/h6-13,18H,5,14-17,19-20H2,1-4H3,(H,34,38). The number of rotatable bonds is 10. The summed E-state index contributed by atoms with van der Waals surface area (Å²) in [7, 11) is 0. The molecular formula is C30H36FN5O3S. The lowest BCUT2D eigenvalue weighted by atomic mass is 9.93. The van der Waals surface area contributed by atoms with Crippen LogP contribution < -0.4 is 10.2 Å². The van der Waals surface area contributed by atoms with Crippen LogP contribution in [0.15, 0.2) is 59.8 Å². The lowest BCUT2D eigenvalue weighted by Crippen LogP contribution is -2.57. The number of amides is 2. The zero-order chi connectivity index (χ0) is 28.7. The highest BCUT2D eigenvalue weighted by Crippen LogP contribution is 2.28. The number of thioether (sulfide) groups is 1. The maximum absolute atomic E-state index is 14.7. The van der Waals surface area contributed by atoms with Gasteiger partial charge in [0.15, 0.2) is 5.16 Å². The van der Waals surface area contributed by atoms with Gasteiger partial charge in [-0.1, -0.05) is 36.9 Å². The van der Waals surface area contributed by atoms with Crippen LogP contribution in [-0.4, -0.2) is 64.3 Å². The van der Waals surface area contributed by atoms with Crippen molar-refractivity contribution in [2.24, 2.45) is 0 Å². The minimum absolute atomic E-state index is 0.00839. The van der Waals surface area contributed by atoms with Crippen molar-refractivity contribution in [2.45, 2.75) is 51.4 Å². The van der Waals surface area contributed by atoms with Crippen LogP contribution >= 0.6 is 11.8 Å². The van der Waals surface area contributed by atoms with Crippen LogP contribution in [0.5, 0.6) is 0 Å². The maximum Gasteiger partial charge on any atom is 0.250 e. The van der Waals surface area contributed by atoms with E-state index < -0.39 is 11.4 Å². The van der Waals surface area contributed by atoms with Crippen molar-refractivity contribution in [3.05, 3.63) is 77.4 Å². The van der Waals surface area contributed by atoms with E-state index in [1.165, 1.54) is 22.7 Å². The number of anilines is 2. The van der Waals surface area contributed by atoms with E-state index in [-0.39, 0.29) is 24.1 Å². The number of benzene rings is 2. The van der Waals surface area contributed by atoms with Crippen LogP contribution in [0.2, 0.25) is 0 Å². The van der Waals surface area contributed by atoms with Gasteiger partial charge in [0, 0.05) is 48.0 Å². The highest BCUT2D eigenvalue weighted by Gasteiger charge is 2.41. The molecule has 1 fully saturated rings. The van der Waals surface area contributed by atoms with Crippen LogP contribution in [0.4, 0.5) is 15.8 Å². The normalized spacial score (nSPS) is 14.9. The maximum atomic E-state index is 14.7. The molecule has 1 unspecified atom stereocenters. The first kappa shape index (κ1) is 29.5. The van der Waals surface area contributed by atoms with Crippen molar-refractivity contribution < 1.29 is 18.7 Å². The average molecular weight is 566 g/mol. The van der Waals surface area contributed by atoms with E-state index in [9.17, 15) is 14.0 Å². The molecule has 40 heavy (non-hydrogen) atoms. The van der Waals surface area contributed by atoms with Crippen molar-refractivity contribution >= 4 is 35.0 Å². The smallest absolute Gasteiger partial charge is 0.250 e. The van der Waals surface area contributed by atoms with E-state index >= 15 is 0 Å². The third kappa shape index (κ3) is 7.17. The Morgan fingerprint density at radius 2 is 1.73 bits per heavy atom. The number of hydrogen-bond acceptors (Lipinski definition) is 7. The quantitative estimate of drug-likeness (QED) is 0.274. The fourth-order valence-electron chi connectivity index (χ4n) is 4.61. The summed E-state index contributed by atoms with van der Waals surface area (Å²) < 4.78 is 20.1. The van der Waals surface area contributed by atoms with Crippen molar-refractivity contribution in [2.75, 3.05) is 42.3 Å². The van der Waals surface area contributed by atoms with E-state index in [2.05, 4.69) is 20.2 Å². The third-order valence-electron chi connectivity index (χ3n) is 7.15. The Hall–Kier alpha value is -3.50. The topological polar surface area (TPSA) is 87.7 Å². The molecule has 1 atom stereocenters. The highest BCUT2D eigenvalue weighted by atomic mass is 32.2. The molecule has 0 bridgehead atoms. The Balaban J connectivity index is 1.55. The third-order valence-corrected chi connectivity index (χ3v) is 7.98. The zero-order valence-electron chi connectivity index (χ0n) is 23.4. The summed E-state index contributed by atoms with van der Waals surface area (Å²) in [5, 5.41) is 3.47. The molecule has 212 valence electrons. The first-order chi connectivity index (χ1) is 19.2. The summed E-state index contributed by atoms with van der Waals surface area (Å²) in [5.41, 5.74) is 2.39. The Kier molecular flexibility index (Phi) is 9.76. The number of aryl methyl sites for hydroxylation is 2. The number of aromatic nitrogens is 2. The molecule has 0 radical (unpaired) electrons. The SMILES string of the molecule is CCC(C)(C(=O)Nc1ccc(N2CCOCC2)cc1)N(Cc1ccccc1F)C(=O)CSc1nc(C)cc(C)n1. The van der Waals surface area contributed by atoms with E-state index in [1.807, 2.05) is 51.1 Å². The van der Waals surface area contributed by atoms with Gasteiger partial charge in [-0.05, 0) is 63.6 Å². The summed E-state index contributed by atoms with van der Waals surface area (Å²) >= 11 is 1.20. The Morgan fingerprint density at radius 3 is 2.35 bits per heavy atom. The fourth-order valence-corrected chi connectivity index (χ4v) is 5.44. The molecule has 10 heteroatoms. The molecular weight excluding hydrogens is 529 g/mol. The van der Waals surface area contributed by atoms with Gasteiger partial charge in [-0.15, -0.1) is 0 Å². The van der Waals surface area contributed by atoms with Gasteiger partial charge in [0.1, 0.15) is 11.4 Å². The Morgan fingerprint density at radius 1 is 1.07 bits per heavy atom. The van der Waals surface area contributed by atoms with Crippen molar-refractivity contribution in [3.63, 3.8) is 0 Å². The van der Waals surface area contributed by atoms with Crippen LogP contribution in [0.1, 0.15) is 37.2 Å². The molecule has 3 aromatic rings. The molecule has 2 amide bonds. The van der Waals surface area contributed by atoms with Gasteiger partial charge in [-0.3, -0.25) is 9.59 Å². The van der Waals surface area contributed by atoms with Gasteiger partial charge in [0.2, 0.25) is 11.8 Å². The number of ether oxygens (including phenoxy) is 1. The summed E-state index contributed by atoms with van der Waals surface area (Å²) in [5.74, 6) is -1.07. The highest BCUT2D eigenvalue weighted by molar-refractivity contribution is 7.99. The number of morpholine rings is 1. The molecule has 0 spiro atoms. The predicted octanol–water partition coefficient (Wildman–Crippen LogP) is 5.00. The molecule has 2 aromatic carbocycles. The van der Waals surface area contributed by atoms with Crippen LogP contribution in [0, 0.1) is 19.7 Å². The van der Waals surface area contributed by atoms with Crippen LogP contribution in [-0.2, 0) is 20.9 Å². The minimum Gasteiger partial charge on any atom is -0.378 e. The summed E-state index contributed by atoms with van der Waals surface area (Å²) in [6, 6.07) is 15.8. The first-order valence-electron chi connectivity index (χ1n) is 13.4. The minimum atomic E-state index is -1.24.